The highest BCUT2D eigenvalue weighted by Crippen LogP contribution is 2.33. The van der Waals surface area contributed by atoms with E-state index in [0.717, 1.165) is 5.76 Å². The number of nitrogens with zero attached hydrogens (tertiary/aromatic N) is 1. The Bertz CT molecular complexity index is 746. The van der Waals surface area contributed by atoms with Crippen LogP contribution in [0.3, 0.4) is 0 Å². The van der Waals surface area contributed by atoms with E-state index in [-0.39, 0.29) is 42.0 Å². The molecule has 0 aliphatic rings. The fourth-order valence-electron chi connectivity index (χ4n) is 2.55. The lowest BCUT2D eigenvalue weighted by atomic mass is 10.2. The van der Waals surface area contributed by atoms with Crippen molar-refractivity contribution in [3.05, 3.63) is 47.9 Å². The number of benzene rings is 1. The van der Waals surface area contributed by atoms with Crippen LogP contribution >= 0.6 is 24.0 Å². The Hall–Kier alpha value is -2.08. The smallest absolute Gasteiger partial charge is 0.387 e. The Morgan fingerprint density at radius 2 is 1.97 bits per heavy atom. The predicted molar refractivity (Wildman–Crippen MR) is 121 cm³/mol. The van der Waals surface area contributed by atoms with Crippen LogP contribution in [0.2, 0.25) is 0 Å². The first-order valence-electron chi connectivity index (χ1n) is 9.37. The quantitative estimate of drug-likeness (QED) is 0.185. The third kappa shape index (κ3) is 9.16. The van der Waals surface area contributed by atoms with Gasteiger partial charge >= 0.3 is 6.61 Å². The minimum atomic E-state index is -2.95. The number of furan rings is 1. The minimum absolute atomic E-state index is 0. The highest BCUT2D eigenvalue weighted by Gasteiger charge is 2.15. The molecule has 0 aliphatic heterocycles. The van der Waals surface area contributed by atoms with Crippen molar-refractivity contribution < 1.29 is 27.4 Å². The maximum Gasteiger partial charge on any atom is 0.387 e. The summed E-state index contributed by atoms with van der Waals surface area (Å²) in [5.74, 6) is 1.64. The second-order valence-corrected chi connectivity index (χ2v) is 5.90. The summed E-state index contributed by atoms with van der Waals surface area (Å²) < 4.78 is 46.2. The van der Waals surface area contributed by atoms with E-state index >= 15 is 0 Å². The Balaban J connectivity index is 0.00000450. The van der Waals surface area contributed by atoms with Crippen LogP contribution in [0.15, 0.2) is 46.0 Å². The maximum atomic E-state index is 12.9. The zero-order chi connectivity index (χ0) is 20.9. The second kappa shape index (κ2) is 14.8. The Labute approximate surface area is 192 Å². The SMILES string of the molecule is CCOc1cccc(CN=C(NCCOC)NCCc2ccco2)c1OC(F)F.I. The molecule has 0 atom stereocenters. The van der Waals surface area contributed by atoms with Crippen molar-refractivity contribution in [2.45, 2.75) is 26.5 Å². The van der Waals surface area contributed by atoms with E-state index in [1.807, 2.05) is 12.1 Å². The average Bonchev–Trinajstić information content (AvgIpc) is 3.21. The minimum Gasteiger partial charge on any atom is -0.490 e. The summed E-state index contributed by atoms with van der Waals surface area (Å²) in [5, 5.41) is 6.32. The number of alkyl halides is 2. The van der Waals surface area contributed by atoms with Crippen molar-refractivity contribution in [3.63, 3.8) is 0 Å². The lowest BCUT2D eigenvalue weighted by Gasteiger charge is -2.15. The third-order valence-corrected chi connectivity index (χ3v) is 3.82. The van der Waals surface area contributed by atoms with Gasteiger partial charge in [-0.3, -0.25) is 0 Å². The Kier molecular flexibility index (Phi) is 12.8. The predicted octanol–water partition coefficient (Wildman–Crippen LogP) is 3.82. The molecule has 0 aliphatic carbocycles. The lowest BCUT2D eigenvalue weighted by molar-refractivity contribution is -0.0520. The maximum absolute atomic E-state index is 12.9. The summed E-state index contributed by atoms with van der Waals surface area (Å²) in [4.78, 5) is 4.48. The molecule has 1 aromatic heterocycles. The highest BCUT2D eigenvalue weighted by atomic mass is 127. The van der Waals surface area contributed by atoms with E-state index in [1.54, 1.807) is 38.5 Å². The van der Waals surface area contributed by atoms with E-state index in [4.69, 9.17) is 13.9 Å². The van der Waals surface area contributed by atoms with Gasteiger partial charge in [0.25, 0.3) is 0 Å². The molecule has 2 N–H and O–H groups in total. The molecular formula is C20H28F2IN3O4. The van der Waals surface area contributed by atoms with Crippen LogP contribution in [-0.2, 0) is 17.7 Å². The number of ether oxygens (including phenoxy) is 3. The van der Waals surface area contributed by atoms with Gasteiger partial charge in [-0.2, -0.15) is 8.78 Å². The third-order valence-electron chi connectivity index (χ3n) is 3.82. The zero-order valence-corrected chi connectivity index (χ0v) is 19.4. The van der Waals surface area contributed by atoms with Crippen molar-refractivity contribution >= 4 is 29.9 Å². The van der Waals surface area contributed by atoms with Crippen LogP contribution in [0.1, 0.15) is 18.2 Å². The largest absolute Gasteiger partial charge is 0.490 e. The normalized spacial score (nSPS) is 11.2. The summed E-state index contributed by atoms with van der Waals surface area (Å²) >= 11 is 0. The molecule has 0 unspecified atom stereocenters. The van der Waals surface area contributed by atoms with Gasteiger partial charge in [-0.05, 0) is 25.1 Å². The van der Waals surface area contributed by atoms with E-state index in [9.17, 15) is 8.78 Å². The first kappa shape index (κ1) is 26.0. The van der Waals surface area contributed by atoms with Crippen LogP contribution in [0, 0.1) is 0 Å². The molecule has 2 aromatic rings. The Morgan fingerprint density at radius 1 is 1.17 bits per heavy atom. The highest BCUT2D eigenvalue weighted by molar-refractivity contribution is 14.0. The van der Waals surface area contributed by atoms with Crippen LogP contribution in [0.25, 0.3) is 0 Å². The molecule has 10 heteroatoms. The molecule has 1 heterocycles. The Morgan fingerprint density at radius 3 is 2.63 bits per heavy atom. The van der Waals surface area contributed by atoms with Gasteiger partial charge in [0.05, 0.1) is 26.0 Å². The number of hydrogen-bond acceptors (Lipinski definition) is 5. The van der Waals surface area contributed by atoms with E-state index in [2.05, 4.69) is 20.4 Å². The number of hydrogen-bond donors (Lipinski definition) is 2. The molecule has 0 fully saturated rings. The van der Waals surface area contributed by atoms with Gasteiger partial charge in [-0.25, -0.2) is 4.99 Å². The number of guanidine groups is 1. The summed E-state index contributed by atoms with van der Waals surface area (Å²) in [6.45, 7) is 0.922. The van der Waals surface area contributed by atoms with Gasteiger partial charge in [0.1, 0.15) is 5.76 Å². The molecule has 0 spiro atoms. The number of aliphatic imine (C=N–C) groups is 1. The van der Waals surface area contributed by atoms with Gasteiger partial charge in [0.2, 0.25) is 0 Å². The van der Waals surface area contributed by atoms with Crippen molar-refractivity contribution in [1.29, 1.82) is 0 Å². The molecule has 0 bridgehead atoms. The molecule has 2 rings (SSSR count). The number of halogens is 3. The summed E-state index contributed by atoms with van der Waals surface area (Å²) in [6, 6.07) is 8.71. The van der Waals surface area contributed by atoms with Crippen LogP contribution < -0.4 is 20.1 Å². The first-order chi connectivity index (χ1) is 14.1. The van der Waals surface area contributed by atoms with Crippen molar-refractivity contribution in [1.82, 2.24) is 10.6 Å². The number of nitrogens with one attached hydrogen (secondary N) is 2. The zero-order valence-electron chi connectivity index (χ0n) is 17.0. The second-order valence-electron chi connectivity index (χ2n) is 5.90. The summed E-state index contributed by atoms with van der Waals surface area (Å²) in [5.41, 5.74) is 0.495. The van der Waals surface area contributed by atoms with Crippen molar-refractivity contribution in [2.75, 3.05) is 33.4 Å². The average molecular weight is 539 g/mol. The molecule has 30 heavy (non-hydrogen) atoms. The van der Waals surface area contributed by atoms with Crippen LogP contribution in [-0.4, -0.2) is 46.0 Å². The van der Waals surface area contributed by atoms with Gasteiger partial charge in [-0.15, -0.1) is 24.0 Å². The van der Waals surface area contributed by atoms with Crippen molar-refractivity contribution in [2.24, 2.45) is 4.99 Å². The summed E-state index contributed by atoms with van der Waals surface area (Å²) in [6.07, 6.45) is 2.30. The molecule has 0 amide bonds. The van der Waals surface area contributed by atoms with Gasteiger partial charge in [0.15, 0.2) is 17.5 Å². The summed E-state index contributed by atoms with van der Waals surface area (Å²) in [7, 11) is 1.61. The van der Waals surface area contributed by atoms with Gasteiger partial charge in [0, 0.05) is 32.2 Å². The van der Waals surface area contributed by atoms with E-state index in [0.29, 0.717) is 44.2 Å². The van der Waals surface area contributed by atoms with Crippen molar-refractivity contribution in [3.8, 4) is 11.5 Å². The first-order valence-corrected chi connectivity index (χ1v) is 9.37. The fraction of sp³-hybridized carbons (Fsp3) is 0.450. The van der Waals surface area contributed by atoms with Crippen LogP contribution in [0.5, 0.6) is 11.5 Å². The molecule has 168 valence electrons. The topological polar surface area (TPSA) is 77.2 Å². The van der Waals surface area contributed by atoms with E-state index < -0.39 is 6.61 Å². The molecule has 7 nitrogen and oxygen atoms in total. The fourth-order valence-corrected chi connectivity index (χ4v) is 2.55. The number of methoxy groups -OCH3 is 1. The molecular weight excluding hydrogens is 511 g/mol. The van der Waals surface area contributed by atoms with E-state index in [1.165, 1.54) is 0 Å². The number of rotatable bonds is 12. The van der Waals surface area contributed by atoms with Crippen LogP contribution in [0.4, 0.5) is 8.78 Å². The lowest BCUT2D eigenvalue weighted by Crippen LogP contribution is -2.40. The molecule has 0 saturated heterocycles. The standard InChI is InChI=1S/C20H27F2N3O4.HI/c1-3-27-17-8-4-6-15(18(17)29-19(21)22)14-25-20(24-11-13-26-2)23-10-9-16-7-5-12-28-16;/h4-8,12,19H,3,9-11,13-14H2,1-2H3,(H2,23,24,25);1H. The molecule has 0 radical (unpaired) electrons. The van der Waals surface area contributed by atoms with Gasteiger partial charge < -0.3 is 29.3 Å². The molecule has 0 saturated carbocycles. The monoisotopic (exact) mass is 539 g/mol. The van der Waals surface area contributed by atoms with Gasteiger partial charge in [-0.1, -0.05) is 12.1 Å². The number of para-hydroxylation sites is 1. The molecule has 1 aromatic carbocycles.